The summed E-state index contributed by atoms with van der Waals surface area (Å²) in [5, 5.41) is 0. The number of nitrogens with zero attached hydrogens (tertiary/aromatic N) is 3. The largest absolute Gasteiger partial charge is 0.326 e. The van der Waals surface area contributed by atoms with Crippen molar-refractivity contribution in [1.29, 1.82) is 0 Å². The summed E-state index contributed by atoms with van der Waals surface area (Å²) in [5.41, 5.74) is 8.68. The molecule has 0 aliphatic heterocycles. The first-order valence-corrected chi connectivity index (χ1v) is 6.93. The van der Waals surface area contributed by atoms with Crippen LogP contribution in [0, 0.1) is 0 Å². The van der Waals surface area contributed by atoms with Crippen molar-refractivity contribution >= 4 is 0 Å². The zero-order valence-electron chi connectivity index (χ0n) is 12.1. The maximum absolute atomic E-state index is 6.17. The fraction of sp³-hybridized carbons (Fsp3) is 0.375. The molecule has 0 fully saturated rings. The summed E-state index contributed by atoms with van der Waals surface area (Å²) in [6.45, 7) is 3.01. The van der Waals surface area contributed by atoms with E-state index >= 15 is 0 Å². The normalized spacial score (nSPS) is 14.2. The van der Waals surface area contributed by atoms with Crippen LogP contribution in [0.5, 0.6) is 0 Å². The summed E-state index contributed by atoms with van der Waals surface area (Å²) in [7, 11) is 2.12. The molecule has 0 bridgehead atoms. The Balaban J connectivity index is 2.03. The number of rotatable bonds is 6. The average Bonchev–Trinajstić information content (AvgIpc) is 2.47. The van der Waals surface area contributed by atoms with Gasteiger partial charge in [-0.2, -0.15) is 0 Å². The Bertz CT molecular complexity index is 498. The monoisotopic (exact) mass is 270 g/mol. The second kappa shape index (κ2) is 7.12. The van der Waals surface area contributed by atoms with Crippen LogP contribution >= 0.6 is 0 Å². The van der Waals surface area contributed by atoms with Gasteiger partial charge in [0.25, 0.3) is 0 Å². The Morgan fingerprint density at radius 1 is 1.05 bits per heavy atom. The molecule has 2 atom stereocenters. The lowest BCUT2D eigenvalue weighted by Gasteiger charge is -2.31. The SMILES string of the molecule is CC(N)C(c1ccncc1)N(C)CCc1ccncc1. The van der Waals surface area contributed by atoms with Gasteiger partial charge in [-0.1, -0.05) is 0 Å². The van der Waals surface area contributed by atoms with Crippen LogP contribution in [0.15, 0.2) is 49.1 Å². The van der Waals surface area contributed by atoms with Gasteiger partial charge in [0.1, 0.15) is 0 Å². The molecule has 2 N–H and O–H groups in total. The minimum atomic E-state index is 0.0693. The first-order valence-electron chi connectivity index (χ1n) is 6.93. The fourth-order valence-corrected chi connectivity index (χ4v) is 2.51. The Hall–Kier alpha value is -1.78. The van der Waals surface area contributed by atoms with E-state index in [2.05, 4.69) is 34.0 Å². The number of pyridine rings is 2. The van der Waals surface area contributed by atoms with E-state index < -0.39 is 0 Å². The number of likely N-dealkylation sites (N-methyl/N-ethyl adjacent to an activating group) is 1. The van der Waals surface area contributed by atoms with Crippen molar-refractivity contribution in [2.45, 2.75) is 25.4 Å². The van der Waals surface area contributed by atoms with Crippen LogP contribution in [0.2, 0.25) is 0 Å². The topological polar surface area (TPSA) is 55.0 Å². The van der Waals surface area contributed by atoms with E-state index in [0.29, 0.717) is 0 Å². The first-order chi connectivity index (χ1) is 9.68. The van der Waals surface area contributed by atoms with Gasteiger partial charge >= 0.3 is 0 Å². The average molecular weight is 270 g/mol. The molecule has 2 rings (SSSR count). The molecule has 0 radical (unpaired) electrons. The molecule has 2 aromatic heterocycles. The number of nitrogens with two attached hydrogens (primary N) is 1. The van der Waals surface area contributed by atoms with Crippen LogP contribution in [0.4, 0.5) is 0 Å². The van der Waals surface area contributed by atoms with Gasteiger partial charge in [-0.3, -0.25) is 14.9 Å². The lowest BCUT2D eigenvalue weighted by Crippen LogP contribution is -2.38. The second-order valence-corrected chi connectivity index (χ2v) is 5.17. The number of aromatic nitrogens is 2. The zero-order valence-corrected chi connectivity index (χ0v) is 12.1. The van der Waals surface area contributed by atoms with E-state index in [9.17, 15) is 0 Å². The lowest BCUT2D eigenvalue weighted by molar-refractivity contribution is 0.221. The van der Waals surface area contributed by atoms with Crippen molar-refractivity contribution in [3.8, 4) is 0 Å². The van der Waals surface area contributed by atoms with Crippen LogP contribution in [0.3, 0.4) is 0 Å². The van der Waals surface area contributed by atoms with Crippen molar-refractivity contribution in [2.75, 3.05) is 13.6 Å². The van der Waals surface area contributed by atoms with Crippen LogP contribution in [0.1, 0.15) is 24.1 Å². The molecule has 2 aromatic rings. The molecule has 4 nitrogen and oxygen atoms in total. The Morgan fingerprint density at radius 3 is 2.15 bits per heavy atom. The van der Waals surface area contributed by atoms with E-state index in [1.165, 1.54) is 11.1 Å². The zero-order chi connectivity index (χ0) is 14.4. The molecule has 0 aliphatic carbocycles. The molecule has 20 heavy (non-hydrogen) atoms. The van der Waals surface area contributed by atoms with Crippen molar-refractivity contribution in [2.24, 2.45) is 5.73 Å². The summed E-state index contributed by atoms with van der Waals surface area (Å²) < 4.78 is 0. The van der Waals surface area contributed by atoms with Crippen molar-refractivity contribution in [3.05, 3.63) is 60.2 Å². The summed E-state index contributed by atoms with van der Waals surface area (Å²) >= 11 is 0. The molecule has 106 valence electrons. The fourth-order valence-electron chi connectivity index (χ4n) is 2.51. The lowest BCUT2D eigenvalue weighted by atomic mass is 10.0. The van der Waals surface area contributed by atoms with Crippen LogP contribution < -0.4 is 5.73 Å². The molecule has 0 saturated carbocycles. The molecule has 0 aliphatic rings. The van der Waals surface area contributed by atoms with Crippen molar-refractivity contribution < 1.29 is 0 Å². The van der Waals surface area contributed by atoms with E-state index in [0.717, 1.165) is 13.0 Å². The van der Waals surface area contributed by atoms with Gasteiger partial charge in [0.15, 0.2) is 0 Å². The maximum atomic E-state index is 6.17. The van der Waals surface area contributed by atoms with Gasteiger partial charge in [0.05, 0.1) is 0 Å². The number of hydrogen-bond acceptors (Lipinski definition) is 4. The van der Waals surface area contributed by atoms with Crippen LogP contribution in [-0.4, -0.2) is 34.5 Å². The van der Waals surface area contributed by atoms with Crippen LogP contribution in [-0.2, 0) is 6.42 Å². The third-order valence-corrected chi connectivity index (χ3v) is 3.52. The molecular weight excluding hydrogens is 248 g/mol. The highest BCUT2D eigenvalue weighted by molar-refractivity contribution is 5.17. The van der Waals surface area contributed by atoms with Crippen molar-refractivity contribution in [1.82, 2.24) is 14.9 Å². The van der Waals surface area contributed by atoms with Gasteiger partial charge < -0.3 is 5.73 Å². The Kier molecular flexibility index (Phi) is 5.21. The second-order valence-electron chi connectivity index (χ2n) is 5.17. The Labute approximate surface area is 120 Å². The van der Waals surface area contributed by atoms with Gasteiger partial charge in [0.2, 0.25) is 0 Å². The maximum Gasteiger partial charge on any atom is 0.0494 e. The van der Waals surface area contributed by atoms with Gasteiger partial charge in [-0.25, -0.2) is 0 Å². The standard InChI is InChI=1S/C16H22N4/c1-13(17)16(15-5-10-19-11-6-15)20(2)12-7-14-3-8-18-9-4-14/h3-6,8-11,13,16H,7,12,17H2,1-2H3. The summed E-state index contributed by atoms with van der Waals surface area (Å²) in [4.78, 5) is 10.4. The van der Waals surface area contributed by atoms with E-state index in [-0.39, 0.29) is 12.1 Å². The quantitative estimate of drug-likeness (QED) is 0.872. The molecule has 0 spiro atoms. The molecule has 2 heterocycles. The minimum Gasteiger partial charge on any atom is -0.326 e. The minimum absolute atomic E-state index is 0.0693. The highest BCUT2D eigenvalue weighted by Crippen LogP contribution is 2.21. The molecule has 2 unspecified atom stereocenters. The predicted octanol–water partition coefficient (Wildman–Crippen LogP) is 2.04. The highest BCUT2D eigenvalue weighted by Gasteiger charge is 2.20. The number of hydrogen-bond donors (Lipinski definition) is 1. The molecule has 0 aromatic carbocycles. The highest BCUT2D eigenvalue weighted by atomic mass is 15.1. The summed E-state index contributed by atoms with van der Waals surface area (Å²) in [6.07, 6.45) is 8.30. The summed E-state index contributed by atoms with van der Waals surface area (Å²) in [5.74, 6) is 0. The van der Waals surface area contributed by atoms with E-state index in [1.54, 1.807) is 0 Å². The van der Waals surface area contributed by atoms with Crippen molar-refractivity contribution in [3.63, 3.8) is 0 Å². The molecule has 0 saturated heterocycles. The first kappa shape index (κ1) is 14.6. The summed E-state index contributed by atoms with van der Waals surface area (Å²) in [6, 6.07) is 8.47. The van der Waals surface area contributed by atoms with Gasteiger partial charge in [-0.05, 0) is 55.8 Å². The third kappa shape index (κ3) is 3.85. The smallest absolute Gasteiger partial charge is 0.0494 e. The molecule has 4 heteroatoms. The Morgan fingerprint density at radius 2 is 1.60 bits per heavy atom. The van der Waals surface area contributed by atoms with E-state index in [1.807, 2.05) is 43.8 Å². The third-order valence-electron chi connectivity index (χ3n) is 3.52. The predicted molar refractivity (Wildman–Crippen MR) is 81.2 cm³/mol. The molecular formula is C16H22N4. The van der Waals surface area contributed by atoms with Crippen LogP contribution in [0.25, 0.3) is 0 Å². The molecule has 0 amide bonds. The van der Waals surface area contributed by atoms with Gasteiger partial charge in [-0.15, -0.1) is 0 Å². The van der Waals surface area contributed by atoms with Gasteiger partial charge in [0, 0.05) is 43.4 Å². The van der Waals surface area contributed by atoms with E-state index in [4.69, 9.17) is 5.73 Å².